The Morgan fingerprint density at radius 2 is 2.08 bits per heavy atom. The number of nitrogens with one attached hydrogen (secondary N) is 2. The van der Waals surface area contributed by atoms with E-state index in [1.807, 2.05) is 36.4 Å². The van der Waals surface area contributed by atoms with Crippen molar-refractivity contribution in [3.63, 3.8) is 0 Å². The van der Waals surface area contributed by atoms with Gasteiger partial charge in [-0.25, -0.2) is 0 Å². The molecule has 0 saturated carbocycles. The maximum Gasteiger partial charge on any atom is 0.292 e. The molecule has 1 aliphatic rings. The van der Waals surface area contributed by atoms with Crippen LogP contribution in [0.5, 0.6) is 0 Å². The highest BCUT2D eigenvalue weighted by molar-refractivity contribution is 5.77. The van der Waals surface area contributed by atoms with Crippen LogP contribution in [0.15, 0.2) is 53.1 Å². The molecular formula is C18H16N4O3. The molecule has 0 saturated heterocycles. The molecule has 4 rings (SSSR count). The van der Waals surface area contributed by atoms with Crippen molar-refractivity contribution in [3.8, 4) is 11.3 Å². The van der Waals surface area contributed by atoms with Crippen molar-refractivity contribution >= 4 is 17.1 Å². The number of benzene rings is 2. The molecule has 0 unspecified atom stereocenters. The minimum absolute atomic E-state index is 0.0780. The lowest BCUT2D eigenvalue weighted by atomic mass is 10.1. The van der Waals surface area contributed by atoms with E-state index in [4.69, 9.17) is 4.52 Å². The molecule has 2 heterocycles. The molecule has 0 amide bonds. The molecule has 0 atom stereocenters. The van der Waals surface area contributed by atoms with E-state index in [0.717, 1.165) is 29.8 Å². The van der Waals surface area contributed by atoms with Crippen LogP contribution in [0, 0.1) is 10.1 Å². The van der Waals surface area contributed by atoms with Gasteiger partial charge in [-0.15, -0.1) is 0 Å². The Labute approximate surface area is 143 Å². The lowest BCUT2D eigenvalue weighted by Gasteiger charge is -2.10. The molecule has 0 aliphatic carbocycles. The summed E-state index contributed by atoms with van der Waals surface area (Å²) in [5.74, 6) is 0.673. The van der Waals surface area contributed by atoms with Gasteiger partial charge in [-0.05, 0) is 12.5 Å². The molecule has 0 bridgehead atoms. The second-order valence-corrected chi connectivity index (χ2v) is 5.82. The Morgan fingerprint density at radius 1 is 1.24 bits per heavy atom. The van der Waals surface area contributed by atoms with Crippen molar-refractivity contribution in [3.05, 3.63) is 69.9 Å². The van der Waals surface area contributed by atoms with Crippen molar-refractivity contribution < 1.29 is 9.45 Å². The molecule has 2 aromatic carbocycles. The number of aromatic nitrogens is 1. The SMILES string of the molecule is O=[N+]([O-])c1ccc2c(c1NCc1cc(-c3ccccc3)on1)CCN2. The summed E-state index contributed by atoms with van der Waals surface area (Å²) >= 11 is 0. The summed E-state index contributed by atoms with van der Waals surface area (Å²) < 4.78 is 5.37. The second kappa shape index (κ2) is 6.27. The fourth-order valence-electron chi connectivity index (χ4n) is 3.04. The molecule has 7 heteroatoms. The summed E-state index contributed by atoms with van der Waals surface area (Å²) in [6.45, 7) is 1.14. The first-order valence-electron chi connectivity index (χ1n) is 8.01. The van der Waals surface area contributed by atoms with Crippen LogP contribution >= 0.6 is 0 Å². The number of nitrogens with zero attached hydrogens (tertiary/aromatic N) is 2. The topological polar surface area (TPSA) is 93.2 Å². The summed E-state index contributed by atoms with van der Waals surface area (Å²) in [6.07, 6.45) is 0.757. The lowest BCUT2D eigenvalue weighted by molar-refractivity contribution is -0.384. The highest BCUT2D eigenvalue weighted by Crippen LogP contribution is 2.37. The van der Waals surface area contributed by atoms with Crippen molar-refractivity contribution in [1.82, 2.24) is 5.16 Å². The van der Waals surface area contributed by atoms with Crippen LogP contribution in [0.4, 0.5) is 17.1 Å². The number of anilines is 2. The standard InChI is InChI=1S/C18H16N4O3/c23-22(24)16-7-6-15-14(8-9-19-15)18(16)20-11-13-10-17(25-21-13)12-4-2-1-3-5-12/h1-7,10,19-20H,8-9,11H2. The summed E-state index contributed by atoms with van der Waals surface area (Å²) in [4.78, 5) is 11.0. The number of hydrogen-bond acceptors (Lipinski definition) is 6. The van der Waals surface area contributed by atoms with Gasteiger partial charge < -0.3 is 15.2 Å². The van der Waals surface area contributed by atoms with Gasteiger partial charge in [0.25, 0.3) is 5.69 Å². The van der Waals surface area contributed by atoms with Crippen LogP contribution in [-0.2, 0) is 13.0 Å². The third-order valence-corrected chi connectivity index (χ3v) is 4.24. The summed E-state index contributed by atoms with van der Waals surface area (Å²) in [5.41, 5.74) is 4.15. The predicted molar refractivity (Wildman–Crippen MR) is 94.6 cm³/mol. The third kappa shape index (κ3) is 2.91. The molecule has 25 heavy (non-hydrogen) atoms. The highest BCUT2D eigenvalue weighted by atomic mass is 16.6. The van der Waals surface area contributed by atoms with Crippen LogP contribution < -0.4 is 10.6 Å². The first-order chi connectivity index (χ1) is 12.2. The fraction of sp³-hybridized carbons (Fsp3) is 0.167. The molecule has 0 radical (unpaired) electrons. The first kappa shape index (κ1) is 15.2. The zero-order chi connectivity index (χ0) is 17.2. The van der Waals surface area contributed by atoms with Gasteiger partial charge in [-0.3, -0.25) is 10.1 Å². The minimum atomic E-state index is -0.362. The Bertz CT molecular complexity index is 921. The monoisotopic (exact) mass is 336 g/mol. The van der Waals surface area contributed by atoms with Crippen molar-refractivity contribution in [2.45, 2.75) is 13.0 Å². The summed E-state index contributed by atoms with van der Waals surface area (Å²) in [5, 5.41) is 21.8. The molecule has 3 aromatic rings. The first-order valence-corrected chi connectivity index (χ1v) is 8.01. The maximum atomic E-state index is 11.3. The van der Waals surface area contributed by atoms with Gasteiger partial charge in [0.15, 0.2) is 5.76 Å². The normalized spacial score (nSPS) is 12.5. The van der Waals surface area contributed by atoms with E-state index in [1.165, 1.54) is 6.07 Å². The summed E-state index contributed by atoms with van der Waals surface area (Å²) in [6, 6.07) is 14.8. The molecule has 7 nitrogen and oxygen atoms in total. The molecule has 1 aromatic heterocycles. The lowest BCUT2D eigenvalue weighted by Crippen LogP contribution is -2.05. The molecule has 1 aliphatic heterocycles. The predicted octanol–water partition coefficient (Wildman–Crippen LogP) is 3.83. The zero-order valence-electron chi connectivity index (χ0n) is 13.4. The molecular weight excluding hydrogens is 320 g/mol. The maximum absolute atomic E-state index is 11.3. The van der Waals surface area contributed by atoms with Gasteiger partial charge in [-0.2, -0.15) is 0 Å². The average molecular weight is 336 g/mol. The van der Waals surface area contributed by atoms with Gasteiger partial charge in [0.1, 0.15) is 11.4 Å². The van der Waals surface area contributed by atoms with Crippen molar-refractivity contribution in [1.29, 1.82) is 0 Å². The smallest absolute Gasteiger partial charge is 0.292 e. The van der Waals surface area contributed by atoms with Crippen molar-refractivity contribution in [2.75, 3.05) is 17.2 Å². The van der Waals surface area contributed by atoms with E-state index in [2.05, 4.69) is 15.8 Å². The van der Waals surface area contributed by atoms with E-state index >= 15 is 0 Å². The molecule has 0 spiro atoms. The van der Waals surface area contributed by atoms with Crippen molar-refractivity contribution in [2.24, 2.45) is 0 Å². The number of nitro groups is 1. The van der Waals surface area contributed by atoms with Gasteiger partial charge in [0, 0.05) is 35.5 Å². The van der Waals surface area contributed by atoms with E-state index in [0.29, 0.717) is 23.7 Å². The number of hydrogen-bond donors (Lipinski definition) is 2. The number of nitro benzene ring substituents is 1. The zero-order valence-corrected chi connectivity index (χ0v) is 13.4. The average Bonchev–Trinajstić information content (AvgIpc) is 3.29. The van der Waals surface area contributed by atoms with E-state index in [9.17, 15) is 10.1 Å². The Kier molecular flexibility index (Phi) is 3.81. The van der Waals surface area contributed by atoms with E-state index in [1.54, 1.807) is 6.07 Å². The van der Waals surface area contributed by atoms with Gasteiger partial charge in [-0.1, -0.05) is 35.5 Å². The number of rotatable bonds is 5. The Morgan fingerprint density at radius 3 is 2.88 bits per heavy atom. The van der Waals surface area contributed by atoms with Crippen LogP contribution in [0.25, 0.3) is 11.3 Å². The largest absolute Gasteiger partial charge is 0.384 e. The summed E-state index contributed by atoms with van der Waals surface area (Å²) in [7, 11) is 0. The fourth-order valence-corrected chi connectivity index (χ4v) is 3.04. The number of fused-ring (bicyclic) bond motifs is 1. The van der Waals surface area contributed by atoms with E-state index in [-0.39, 0.29) is 10.6 Å². The van der Waals surface area contributed by atoms with Gasteiger partial charge in [0.2, 0.25) is 0 Å². The Hall–Kier alpha value is -3.35. The van der Waals surface area contributed by atoms with Crippen LogP contribution in [-0.4, -0.2) is 16.6 Å². The third-order valence-electron chi connectivity index (χ3n) is 4.24. The minimum Gasteiger partial charge on any atom is -0.384 e. The van der Waals surface area contributed by atoms with Gasteiger partial charge in [0.05, 0.1) is 11.5 Å². The Balaban J connectivity index is 1.57. The highest BCUT2D eigenvalue weighted by Gasteiger charge is 2.23. The molecule has 2 N–H and O–H groups in total. The van der Waals surface area contributed by atoms with Crippen LogP contribution in [0.1, 0.15) is 11.3 Å². The molecule has 126 valence electrons. The quantitative estimate of drug-likeness (QED) is 0.543. The van der Waals surface area contributed by atoms with Crippen LogP contribution in [0.2, 0.25) is 0 Å². The van der Waals surface area contributed by atoms with Crippen LogP contribution in [0.3, 0.4) is 0 Å². The second-order valence-electron chi connectivity index (χ2n) is 5.82. The van der Waals surface area contributed by atoms with Gasteiger partial charge >= 0.3 is 0 Å². The molecule has 0 fully saturated rings. The van der Waals surface area contributed by atoms with E-state index < -0.39 is 0 Å².